The Morgan fingerprint density at radius 2 is 1.79 bits per heavy atom. The monoisotopic (exact) mass is 554 g/mol. The first-order valence-corrected chi connectivity index (χ1v) is 16.8. The highest BCUT2D eigenvalue weighted by Crippen LogP contribution is 2.42. The molecule has 0 spiro atoms. The van der Waals surface area contributed by atoms with Crippen molar-refractivity contribution in [2.75, 3.05) is 6.61 Å². The molecule has 0 bridgehead atoms. The van der Waals surface area contributed by atoms with Crippen LogP contribution in [-0.2, 0) is 22.2 Å². The molecular weight excluding hydrogens is 512 g/mol. The van der Waals surface area contributed by atoms with Crippen LogP contribution in [0.4, 0.5) is 0 Å². The number of rotatable bonds is 12. The lowest BCUT2D eigenvalue weighted by molar-refractivity contribution is -0.132. The molecule has 2 N–H and O–H groups in total. The van der Waals surface area contributed by atoms with Crippen molar-refractivity contribution < 1.29 is 14.3 Å². The summed E-state index contributed by atoms with van der Waals surface area (Å²) in [7, 11) is -1.32. The van der Waals surface area contributed by atoms with Crippen LogP contribution in [0, 0.1) is 5.41 Å². The van der Waals surface area contributed by atoms with E-state index in [9.17, 15) is 9.90 Å². The second kappa shape index (κ2) is 13.0. The Morgan fingerprint density at radius 3 is 2.37 bits per heavy atom. The standard InChI is InChI=1S/C31H43ClN2O3Si/c1-7-8-18-31(22-37-38(5)6)33-28(30(2,3)4)27(34(31)21-24-16-12-13-17-26(24)32)20-25(29(35)36)19-23-14-10-9-11-15-23/h9-17,20,33,38H,7-8,18-19,21-22H2,1-6H3,(H,35,36). The number of benzene rings is 2. The normalized spacial score (nSPS) is 18.3. The molecule has 0 radical (unpaired) electrons. The molecule has 1 aliphatic rings. The molecule has 1 aliphatic heterocycles. The van der Waals surface area contributed by atoms with Crippen molar-refractivity contribution in [3.63, 3.8) is 0 Å². The summed E-state index contributed by atoms with van der Waals surface area (Å²) in [6.45, 7) is 14.1. The van der Waals surface area contributed by atoms with Crippen molar-refractivity contribution in [1.82, 2.24) is 10.2 Å². The van der Waals surface area contributed by atoms with E-state index in [0.717, 1.165) is 41.8 Å². The molecule has 0 saturated heterocycles. The van der Waals surface area contributed by atoms with E-state index in [0.29, 0.717) is 30.2 Å². The number of allylic oxidation sites excluding steroid dienone is 2. The summed E-state index contributed by atoms with van der Waals surface area (Å²) in [5, 5.41) is 14.9. The van der Waals surface area contributed by atoms with Gasteiger partial charge >= 0.3 is 5.97 Å². The molecule has 0 amide bonds. The van der Waals surface area contributed by atoms with Gasteiger partial charge in [0.25, 0.3) is 0 Å². The van der Waals surface area contributed by atoms with Gasteiger partial charge < -0.3 is 19.7 Å². The first-order chi connectivity index (χ1) is 18.0. The van der Waals surface area contributed by atoms with E-state index >= 15 is 0 Å². The minimum absolute atomic E-state index is 0.246. The Balaban J connectivity index is 2.21. The molecule has 1 atom stereocenters. The van der Waals surface area contributed by atoms with Crippen LogP contribution in [-0.4, -0.2) is 37.3 Å². The topological polar surface area (TPSA) is 61.8 Å². The third kappa shape index (κ3) is 7.52. The van der Waals surface area contributed by atoms with Gasteiger partial charge in [0.05, 0.1) is 12.3 Å². The molecule has 3 rings (SSSR count). The summed E-state index contributed by atoms with van der Waals surface area (Å²) in [5.41, 5.74) is 3.50. The number of halogens is 1. The first-order valence-electron chi connectivity index (χ1n) is 13.6. The maximum Gasteiger partial charge on any atom is 0.331 e. The second-order valence-corrected chi connectivity index (χ2v) is 14.3. The zero-order valence-electron chi connectivity index (χ0n) is 23.7. The largest absolute Gasteiger partial charge is 0.478 e. The molecule has 0 fully saturated rings. The lowest BCUT2D eigenvalue weighted by atomic mass is 9.90. The molecule has 7 heteroatoms. The van der Waals surface area contributed by atoms with Gasteiger partial charge in [-0.1, -0.05) is 94.2 Å². The summed E-state index contributed by atoms with van der Waals surface area (Å²) in [5.74, 6) is -0.913. The molecule has 1 heterocycles. The Labute approximate surface area is 235 Å². The Hall–Kier alpha value is -2.54. The molecule has 0 aliphatic carbocycles. The van der Waals surface area contributed by atoms with Crippen LogP contribution in [0.3, 0.4) is 0 Å². The molecule has 0 aromatic heterocycles. The minimum atomic E-state index is -1.32. The average molecular weight is 555 g/mol. The van der Waals surface area contributed by atoms with Gasteiger partial charge in [0, 0.05) is 34.7 Å². The number of carbonyl (C=O) groups is 1. The van der Waals surface area contributed by atoms with Gasteiger partial charge in [-0.05, 0) is 49.2 Å². The van der Waals surface area contributed by atoms with E-state index in [1.807, 2.05) is 60.7 Å². The number of aliphatic carboxylic acids is 1. The quantitative estimate of drug-likeness (QED) is 0.215. The summed E-state index contributed by atoms with van der Waals surface area (Å²) in [4.78, 5) is 14.9. The van der Waals surface area contributed by atoms with Crippen molar-refractivity contribution in [3.8, 4) is 0 Å². The second-order valence-electron chi connectivity index (χ2n) is 11.4. The number of hydrogen-bond donors (Lipinski definition) is 2. The van der Waals surface area contributed by atoms with Crippen molar-refractivity contribution in [2.24, 2.45) is 5.41 Å². The fraction of sp³-hybridized carbons (Fsp3) is 0.452. The highest BCUT2D eigenvalue weighted by atomic mass is 35.5. The zero-order chi connectivity index (χ0) is 27.9. The first kappa shape index (κ1) is 30.0. The van der Waals surface area contributed by atoms with E-state index in [1.54, 1.807) is 0 Å². The number of carboxylic acid groups (broad SMARTS) is 1. The van der Waals surface area contributed by atoms with Gasteiger partial charge in [-0.3, -0.25) is 0 Å². The molecule has 2 aromatic carbocycles. The molecule has 38 heavy (non-hydrogen) atoms. The van der Waals surface area contributed by atoms with Gasteiger partial charge in [-0.15, -0.1) is 0 Å². The molecule has 5 nitrogen and oxygen atoms in total. The van der Waals surface area contributed by atoms with Crippen LogP contribution in [0.2, 0.25) is 18.1 Å². The van der Waals surface area contributed by atoms with E-state index in [1.165, 1.54) is 0 Å². The van der Waals surface area contributed by atoms with E-state index < -0.39 is 20.7 Å². The fourth-order valence-electron chi connectivity index (χ4n) is 4.81. The van der Waals surface area contributed by atoms with Crippen LogP contribution >= 0.6 is 11.6 Å². The fourth-order valence-corrected chi connectivity index (χ4v) is 5.62. The van der Waals surface area contributed by atoms with Crippen LogP contribution < -0.4 is 5.32 Å². The van der Waals surface area contributed by atoms with Crippen molar-refractivity contribution in [3.05, 3.63) is 93.8 Å². The molecule has 2 aromatic rings. The average Bonchev–Trinajstić information content (AvgIpc) is 3.16. The molecular formula is C31H43ClN2O3Si. The highest BCUT2D eigenvalue weighted by Gasteiger charge is 2.47. The Kier molecular flexibility index (Phi) is 10.3. The lowest BCUT2D eigenvalue weighted by Crippen LogP contribution is -2.57. The van der Waals surface area contributed by atoms with Gasteiger partial charge in [-0.2, -0.15) is 0 Å². The number of nitrogens with zero attached hydrogens (tertiary/aromatic N) is 1. The van der Waals surface area contributed by atoms with Gasteiger partial charge in [0.15, 0.2) is 9.04 Å². The van der Waals surface area contributed by atoms with E-state index in [2.05, 4.69) is 51.0 Å². The summed E-state index contributed by atoms with van der Waals surface area (Å²) in [6, 6.07) is 17.7. The predicted molar refractivity (Wildman–Crippen MR) is 160 cm³/mol. The molecule has 0 saturated carbocycles. The van der Waals surface area contributed by atoms with Crippen LogP contribution in [0.1, 0.15) is 58.1 Å². The van der Waals surface area contributed by atoms with E-state index in [4.69, 9.17) is 16.0 Å². The minimum Gasteiger partial charge on any atom is -0.478 e. The summed E-state index contributed by atoms with van der Waals surface area (Å²) in [6.07, 6.45) is 5.15. The van der Waals surface area contributed by atoms with Gasteiger partial charge in [0.2, 0.25) is 0 Å². The third-order valence-corrected chi connectivity index (χ3v) is 8.08. The van der Waals surface area contributed by atoms with Gasteiger partial charge in [-0.25, -0.2) is 4.79 Å². The Morgan fingerprint density at radius 1 is 1.13 bits per heavy atom. The smallest absolute Gasteiger partial charge is 0.331 e. The highest BCUT2D eigenvalue weighted by molar-refractivity contribution is 6.48. The number of nitrogens with one attached hydrogen (secondary N) is 1. The maximum atomic E-state index is 12.5. The van der Waals surface area contributed by atoms with Crippen LogP contribution in [0.25, 0.3) is 0 Å². The maximum absolute atomic E-state index is 12.5. The SMILES string of the molecule is CCCCC1(CO[SiH](C)C)NC(C(C)(C)C)=C(C=C(Cc2ccccc2)C(=O)O)N1Cc1ccccc1Cl. The van der Waals surface area contributed by atoms with Crippen LogP contribution in [0.5, 0.6) is 0 Å². The van der Waals surface area contributed by atoms with Gasteiger partial charge in [0.1, 0.15) is 5.66 Å². The predicted octanol–water partition coefficient (Wildman–Crippen LogP) is 7.14. The molecule has 206 valence electrons. The van der Waals surface area contributed by atoms with Crippen molar-refractivity contribution in [2.45, 2.75) is 78.7 Å². The third-order valence-electron chi connectivity index (χ3n) is 6.88. The number of carboxylic acids is 1. The van der Waals surface area contributed by atoms with Crippen LogP contribution in [0.15, 0.2) is 77.6 Å². The van der Waals surface area contributed by atoms with E-state index in [-0.39, 0.29) is 5.41 Å². The van der Waals surface area contributed by atoms with Crippen molar-refractivity contribution >= 4 is 26.6 Å². The molecule has 1 unspecified atom stereocenters. The lowest BCUT2D eigenvalue weighted by Gasteiger charge is -2.42. The number of unbranched alkanes of at least 4 members (excludes halogenated alkanes) is 1. The van der Waals surface area contributed by atoms with Crippen molar-refractivity contribution in [1.29, 1.82) is 0 Å². The zero-order valence-corrected chi connectivity index (χ0v) is 25.6. The number of hydrogen-bond acceptors (Lipinski definition) is 4. The Bertz CT molecular complexity index is 1160. The summed E-state index contributed by atoms with van der Waals surface area (Å²) < 4.78 is 6.42. The summed E-state index contributed by atoms with van der Waals surface area (Å²) >= 11 is 6.67.